The van der Waals surface area contributed by atoms with Gasteiger partial charge in [-0.15, -0.1) is 0 Å². The zero-order valence-corrected chi connectivity index (χ0v) is 16.4. The average molecular weight is 347 g/mol. The topological polar surface area (TPSA) is 36.9 Å². The Morgan fingerprint density at radius 3 is 1.70 bits per heavy atom. The van der Waals surface area contributed by atoms with Crippen LogP contribution >= 0.6 is 0 Å². The summed E-state index contributed by atoms with van der Waals surface area (Å²) in [6, 6.07) is 1.19. The van der Waals surface area contributed by atoms with Gasteiger partial charge in [-0.25, -0.2) is 0 Å². The standard InChI is InChI=1S/C18H38O4Si/c1-3-5-7-8-9-11-19-12-13-20-14-15-21-16-17-22-23-18-10-6-4-2/h3-18H2,1-2H3. The van der Waals surface area contributed by atoms with Crippen LogP contribution in [0.3, 0.4) is 0 Å². The van der Waals surface area contributed by atoms with Gasteiger partial charge in [0.25, 0.3) is 0 Å². The molecule has 0 rings (SSSR count). The summed E-state index contributed by atoms with van der Waals surface area (Å²) < 4.78 is 22.0. The van der Waals surface area contributed by atoms with Crippen LogP contribution in [-0.2, 0) is 18.6 Å². The SMILES string of the molecule is CCCCCCCOCCOCCOCCO[Si]CCCCC. The summed E-state index contributed by atoms with van der Waals surface area (Å²) in [5.74, 6) is 0. The second kappa shape index (κ2) is 22.1. The third-order valence-corrected chi connectivity index (χ3v) is 4.42. The van der Waals surface area contributed by atoms with E-state index in [1.54, 1.807) is 0 Å². The first-order chi connectivity index (χ1) is 11.4. The van der Waals surface area contributed by atoms with E-state index in [4.69, 9.17) is 18.6 Å². The highest BCUT2D eigenvalue weighted by atomic mass is 28.2. The van der Waals surface area contributed by atoms with E-state index in [0.717, 1.165) is 6.61 Å². The molecule has 0 unspecified atom stereocenters. The molecule has 0 spiro atoms. The van der Waals surface area contributed by atoms with Crippen molar-refractivity contribution in [1.29, 1.82) is 0 Å². The van der Waals surface area contributed by atoms with E-state index in [2.05, 4.69) is 13.8 Å². The van der Waals surface area contributed by atoms with Crippen molar-refractivity contribution < 1.29 is 18.6 Å². The summed E-state index contributed by atoms with van der Waals surface area (Å²) in [4.78, 5) is 0. The molecule has 0 aromatic rings. The summed E-state index contributed by atoms with van der Waals surface area (Å²) in [5, 5.41) is 0. The van der Waals surface area contributed by atoms with Gasteiger partial charge in [0.05, 0.1) is 39.6 Å². The molecular formula is C18H38O4Si. The first-order valence-electron chi connectivity index (χ1n) is 9.49. The third kappa shape index (κ3) is 22.1. The van der Waals surface area contributed by atoms with E-state index in [1.807, 2.05) is 0 Å². The molecule has 0 bridgehead atoms. The summed E-state index contributed by atoms with van der Waals surface area (Å²) in [5.41, 5.74) is 0. The molecule has 0 fully saturated rings. The van der Waals surface area contributed by atoms with Gasteiger partial charge in [0.15, 0.2) is 0 Å². The Bertz CT molecular complexity index is 185. The Morgan fingerprint density at radius 2 is 1.04 bits per heavy atom. The molecular weight excluding hydrogens is 308 g/mol. The minimum absolute atomic E-state index is 0.625. The molecule has 0 aromatic carbocycles. The van der Waals surface area contributed by atoms with Crippen molar-refractivity contribution in [3.05, 3.63) is 0 Å². The predicted molar refractivity (Wildman–Crippen MR) is 97.3 cm³/mol. The number of ether oxygens (including phenoxy) is 3. The lowest BCUT2D eigenvalue weighted by Gasteiger charge is -2.07. The Balaban J connectivity index is 2.92. The summed E-state index contributed by atoms with van der Waals surface area (Å²) in [6.45, 7) is 9.31. The van der Waals surface area contributed by atoms with Crippen molar-refractivity contribution >= 4 is 9.76 Å². The van der Waals surface area contributed by atoms with E-state index in [0.29, 0.717) is 49.4 Å². The highest BCUT2D eigenvalue weighted by Gasteiger charge is 1.94. The maximum absolute atomic E-state index is 5.53. The van der Waals surface area contributed by atoms with E-state index in [9.17, 15) is 0 Å². The fourth-order valence-corrected chi connectivity index (χ4v) is 2.81. The Morgan fingerprint density at radius 1 is 0.522 bits per heavy atom. The van der Waals surface area contributed by atoms with E-state index >= 15 is 0 Å². The van der Waals surface area contributed by atoms with Crippen LogP contribution in [0.4, 0.5) is 0 Å². The van der Waals surface area contributed by atoms with Crippen molar-refractivity contribution in [2.75, 3.05) is 46.2 Å². The molecule has 23 heavy (non-hydrogen) atoms. The zero-order chi connectivity index (χ0) is 16.8. The van der Waals surface area contributed by atoms with Gasteiger partial charge in [-0.1, -0.05) is 58.8 Å². The molecule has 0 atom stereocenters. The van der Waals surface area contributed by atoms with Gasteiger partial charge in [-0.05, 0) is 12.5 Å². The Kier molecular flexibility index (Phi) is 22.1. The second-order valence-electron chi connectivity index (χ2n) is 5.70. The van der Waals surface area contributed by atoms with Gasteiger partial charge >= 0.3 is 0 Å². The van der Waals surface area contributed by atoms with Crippen molar-refractivity contribution in [1.82, 2.24) is 0 Å². The number of hydrogen-bond acceptors (Lipinski definition) is 4. The van der Waals surface area contributed by atoms with Crippen molar-refractivity contribution in [2.45, 2.75) is 71.3 Å². The Hall–Kier alpha value is 0.0569. The maximum Gasteiger partial charge on any atom is 0.229 e. The molecule has 0 aliphatic heterocycles. The van der Waals surface area contributed by atoms with Crippen LogP contribution in [0.25, 0.3) is 0 Å². The molecule has 0 N–H and O–H groups in total. The molecule has 138 valence electrons. The highest BCUT2D eigenvalue weighted by Crippen LogP contribution is 2.02. The van der Waals surface area contributed by atoms with Crippen LogP contribution < -0.4 is 0 Å². The molecule has 0 aliphatic rings. The molecule has 0 aromatic heterocycles. The average Bonchev–Trinajstić information content (AvgIpc) is 2.57. The minimum Gasteiger partial charge on any atom is -0.415 e. The second-order valence-corrected chi connectivity index (χ2v) is 6.78. The Labute approximate surface area is 146 Å². The molecule has 0 saturated carbocycles. The van der Waals surface area contributed by atoms with Crippen molar-refractivity contribution in [3.63, 3.8) is 0 Å². The van der Waals surface area contributed by atoms with Crippen LogP contribution in [0.15, 0.2) is 0 Å². The summed E-state index contributed by atoms with van der Waals surface area (Å²) in [7, 11) is 0.625. The minimum atomic E-state index is 0.625. The van der Waals surface area contributed by atoms with Crippen molar-refractivity contribution in [2.24, 2.45) is 0 Å². The zero-order valence-electron chi connectivity index (χ0n) is 15.4. The highest BCUT2D eigenvalue weighted by molar-refractivity contribution is 6.26. The van der Waals surface area contributed by atoms with E-state index in [-0.39, 0.29) is 0 Å². The van der Waals surface area contributed by atoms with E-state index in [1.165, 1.54) is 57.4 Å². The van der Waals surface area contributed by atoms with Gasteiger partial charge in [-0.2, -0.15) is 0 Å². The molecule has 0 amide bonds. The van der Waals surface area contributed by atoms with Crippen molar-refractivity contribution in [3.8, 4) is 0 Å². The number of hydrogen-bond donors (Lipinski definition) is 0. The van der Waals surface area contributed by atoms with Crippen LogP contribution in [0.1, 0.15) is 65.2 Å². The largest absolute Gasteiger partial charge is 0.415 e. The third-order valence-electron chi connectivity index (χ3n) is 3.45. The van der Waals surface area contributed by atoms with Crippen LogP contribution in [-0.4, -0.2) is 56.0 Å². The molecule has 0 heterocycles. The van der Waals surface area contributed by atoms with Gasteiger partial charge in [0, 0.05) is 6.61 Å². The lowest BCUT2D eigenvalue weighted by atomic mass is 10.2. The van der Waals surface area contributed by atoms with E-state index < -0.39 is 0 Å². The molecule has 0 saturated heterocycles. The number of unbranched alkanes of at least 4 members (excludes halogenated alkanes) is 6. The molecule has 2 radical (unpaired) electrons. The first-order valence-corrected chi connectivity index (χ1v) is 10.6. The monoisotopic (exact) mass is 346 g/mol. The molecule has 4 nitrogen and oxygen atoms in total. The maximum atomic E-state index is 5.53. The lowest BCUT2D eigenvalue weighted by Crippen LogP contribution is -2.12. The quantitative estimate of drug-likeness (QED) is 0.244. The normalized spacial score (nSPS) is 11.2. The van der Waals surface area contributed by atoms with Gasteiger partial charge in [-0.3, -0.25) is 0 Å². The molecule has 5 heteroatoms. The number of rotatable bonds is 20. The fourth-order valence-electron chi connectivity index (χ4n) is 2.04. The van der Waals surface area contributed by atoms with Gasteiger partial charge in [0.2, 0.25) is 9.76 Å². The lowest BCUT2D eigenvalue weighted by molar-refractivity contribution is 0.00891. The van der Waals surface area contributed by atoms with Crippen LogP contribution in [0.2, 0.25) is 6.04 Å². The first kappa shape index (κ1) is 23.1. The summed E-state index contributed by atoms with van der Waals surface area (Å²) in [6.07, 6.45) is 10.3. The van der Waals surface area contributed by atoms with Gasteiger partial charge < -0.3 is 18.6 Å². The van der Waals surface area contributed by atoms with Crippen LogP contribution in [0.5, 0.6) is 0 Å². The fraction of sp³-hybridized carbons (Fsp3) is 1.00. The van der Waals surface area contributed by atoms with Crippen LogP contribution in [0, 0.1) is 0 Å². The van der Waals surface area contributed by atoms with Gasteiger partial charge in [0.1, 0.15) is 0 Å². The molecule has 0 aliphatic carbocycles. The summed E-state index contributed by atoms with van der Waals surface area (Å²) >= 11 is 0. The predicted octanol–water partition coefficient (Wildman–Crippen LogP) is 4.25. The smallest absolute Gasteiger partial charge is 0.229 e.